The Kier molecular flexibility index (Phi) is 7.67. The molecule has 9 heteroatoms. The predicted molar refractivity (Wildman–Crippen MR) is 133 cm³/mol. The van der Waals surface area contributed by atoms with Gasteiger partial charge >= 0.3 is 0 Å². The van der Waals surface area contributed by atoms with Crippen LogP contribution in [0.1, 0.15) is 18.1 Å². The minimum atomic E-state index is -0.240. The van der Waals surface area contributed by atoms with E-state index in [9.17, 15) is 4.79 Å². The van der Waals surface area contributed by atoms with Gasteiger partial charge in [-0.1, -0.05) is 29.5 Å². The van der Waals surface area contributed by atoms with Crippen molar-refractivity contribution >= 4 is 23.9 Å². The number of hydrogen-bond acceptors (Lipinski definition) is 7. The molecule has 4 rings (SSSR count). The van der Waals surface area contributed by atoms with E-state index in [4.69, 9.17) is 4.74 Å². The summed E-state index contributed by atoms with van der Waals surface area (Å²) in [6.45, 7) is 4.59. The lowest BCUT2D eigenvalue weighted by molar-refractivity contribution is -0.118. The first kappa shape index (κ1) is 23.2. The molecule has 0 radical (unpaired) electrons. The fourth-order valence-electron chi connectivity index (χ4n) is 3.14. The van der Waals surface area contributed by atoms with Crippen LogP contribution < -0.4 is 10.2 Å². The Hall–Kier alpha value is -3.98. The maximum atomic E-state index is 12.4. The molecule has 0 saturated carbocycles. The maximum absolute atomic E-state index is 12.4. The highest BCUT2D eigenvalue weighted by molar-refractivity contribution is 7.99. The maximum Gasteiger partial charge on any atom is 0.250 e. The van der Waals surface area contributed by atoms with Crippen LogP contribution in [0, 0.1) is 6.92 Å². The van der Waals surface area contributed by atoms with Gasteiger partial charge in [0.05, 0.1) is 18.6 Å². The molecule has 1 amide bonds. The van der Waals surface area contributed by atoms with Gasteiger partial charge in [0.1, 0.15) is 5.75 Å². The molecule has 0 spiro atoms. The molecule has 172 valence electrons. The van der Waals surface area contributed by atoms with Gasteiger partial charge in [-0.3, -0.25) is 14.3 Å². The van der Waals surface area contributed by atoms with Gasteiger partial charge in [-0.2, -0.15) is 5.10 Å². The molecule has 0 aliphatic rings. The van der Waals surface area contributed by atoms with Crippen molar-refractivity contribution in [1.29, 1.82) is 0 Å². The summed E-state index contributed by atoms with van der Waals surface area (Å²) in [5.41, 5.74) is 6.38. The van der Waals surface area contributed by atoms with Gasteiger partial charge in [0.2, 0.25) is 0 Å². The monoisotopic (exact) mass is 472 g/mol. The summed E-state index contributed by atoms with van der Waals surface area (Å²) in [6.07, 6.45) is 5.02. The van der Waals surface area contributed by atoms with Crippen LogP contribution in [0.5, 0.6) is 5.75 Å². The van der Waals surface area contributed by atoms with E-state index in [2.05, 4.69) is 25.7 Å². The molecule has 0 saturated heterocycles. The third-order valence-corrected chi connectivity index (χ3v) is 5.72. The number of aromatic nitrogens is 4. The molecule has 2 aromatic carbocycles. The van der Waals surface area contributed by atoms with Gasteiger partial charge in [0, 0.05) is 23.6 Å². The van der Waals surface area contributed by atoms with Crippen molar-refractivity contribution in [2.45, 2.75) is 19.0 Å². The van der Waals surface area contributed by atoms with Crippen molar-refractivity contribution in [2.24, 2.45) is 5.10 Å². The number of thioether (sulfide) groups is 1. The zero-order valence-corrected chi connectivity index (χ0v) is 19.7. The van der Waals surface area contributed by atoms with E-state index >= 15 is 0 Å². The van der Waals surface area contributed by atoms with E-state index < -0.39 is 0 Å². The number of carbonyl (C=O) groups excluding carboxylic acids is 1. The number of pyridine rings is 1. The summed E-state index contributed by atoms with van der Waals surface area (Å²) < 4.78 is 7.36. The normalized spacial score (nSPS) is 11.0. The second kappa shape index (κ2) is 11.2. The SMILES string of the molecule is CCOc1ccc(/C=N\NC(=O)CSc2nnc(-c3ccncc3)n2-c2ccc(C)cc2)cc1. The highest BCUT2D eigenvalue weighted by Crippen LogP contribution is 2.27. The molecule has 0 bridgehead atoms. The largest absolute Gasteiger partial charge is 0.494 e. The van der Waals surface area contributed by atoms with Crippen molar-refractivity contribution in [1.82, 2.24) is 25.2 Å². The Bertz CT molecular complexity index is 1260. The quantitative estimate of drug-likeness (QED) is 0.222. The van der Waals surface area contributed by atoms with E-state index in [1.165, 1.54) is 11.8 Å². The lowest BCUT2D eigenvalue weighted by Gasteiger charge is -2.10. The highest BCUT2D eigenvalue weighted by atomic mass is 32.2. The Labute approximate surface area is 202 Å². The summed E-state index contributed by atoms with van der Waals surface area (Å²) in [5, 5.41) is 13.4. The Morgan fingerprint density at radius 2 is 1.79 bits per heavy atom. The second-order valence-corrected chi connectivity index (χ2v) is 8.24. The zero-order valence-electron chi connectivity index (χ0n) is 18.9. The van der Waals surface area contributed by atoms with E-state index in [1.807, 2.05) is 79.1 Å². The topological polar surface area (TPSA) is 94.3 Å². The van der Waals surface area contributed by atoms with E-state index in [-0.39, 0.29) is 11.7 Å². The Morgan fingerprint density at radius 1 is 1.06 bits per heavy atom. The highest BCUT2D eigenvalue weighted by Gasteiger charge is 2.17. The molecule has 0 unspecified atom stereocenters. The van der Waals surface area contributed by atoms with Crippen LogP contribution in [0.15, 0.2) is 83.3 Å². The predicted octanol–water partition coefficient (Wildman–Crippen LogP) is 4.28. The van der Waals surface area contributed by atoms with Crippen LogP contribution >= 0.6 is 11.8 Å². The van der Waals surface area contributed by atoms with Crippen LogP contribution in [0.2, 0.25) is 0 Å². The molecule has 1 N–H and O–H groups in total. The molecule has 2 aromatic heterocycles. The van der Waals surface area contributed by atoms with Crippen LogP contribution in [-0.2, 0) is 4.79 Å². The third-order valence-electron chi connectivity index (χ3n) is 4.79. The summed E-state index contributed by atoms with van der Waals surface area (Å²) in [5.74, 6) is 1.38. The van der Waals surface area contributed by atoms with Crippen molar-refractivity contribution in [3.05, 3.63) is 84.2 Å². The number of amides is 1. The molecule has 0 aliphatic carbocycles. The molecule has 34 heavy (non-hydrogen) atoms. The molecular weight excluding hydrogens is 448 g/mol. The van der Waals surface area contributed by atoms with Gasteiger partial charge in [-0.25, -0.2) is 5.43 Å². The van der Waals surface area contributed by atoms with Crippen molar-refractivity contribution in [3.63, 3.8) is 0 Å². The van der Waals surface area contributed by atoms with E-state index in [1.54, 1.807) is 18.6 Å². The van der Waals surface area contributed by atoms with Crippen molar-refractivity contribution < 1.29 is 9.53 Å². The standard InChI is InChI=1S/C25H24N6O2S/c1-3-33-22-10-6-19(7-11-22)16-27-28-23(32)17-34-25-30-29-24(20-12-14-26-15-13-20)31(25)21-8-4-18(2)5-9-21/h4-16H,3,17H2,1-2H3,(H,28,32)/b27-16-. The average molecular weight is 473 g/mol. The number of nitrogens with zero attached hydrogens (tertiary/aromatic N) is 5. The summed E-state index contributed by atoms with van der Waals surface area (Å²) in [7, 11) is 0. The minimum absolute atomic E-state index is 0.140. The van der Waals surface area contributed by atoms with Crippen molar-refractivity contribution in [3.8, 4) is 22.8 Å². The third kappa shape index (κ3) is 5.87. The zero-order chi connectivity index (χ0) is 23.8. The lowest BCUT2D eigenvalue weighted by Crippen LogP contribution is -2.20. The molecule has 2 heterocycles. The van der Waals surface area contributed by atoms with Crippen LogP contribution in [0.25, 0.3) is 17.1 Å². The first-order valence-electron chi connectivity index (χ1n) is 10.7. The van der Waals surface area contributed by atoms with Gasteiger partial charge in [0.15, 0.2) is 11.0 Å². The summed E-state index contributed by atoms with van der Waals surface area (Å²) in [4.78, 5) is 16.5. The Balaban J connectivity index is 1.44. The van der Waals surface area contributed by atoms with Crippen molar-refractivity contribution in [2.75, 3.05) is 12.4 Å². The van der Waals surface area contributed by atoms with Gasteiger partial charge in [-0.15, -0.1) is 10.2 Å². The molecule has 8 nitrogen and oxygen atoms in total. The summed E-state index contributed by atoms with van der Waals surface area (Å²) in [6, 6.07) is 19.3. The molecular formula is C25H24N6O2S. The first-order valence-corrected chi connectivity index (χ1v) is 11.7. The van der Waals surface area contributed by atoms with E-state index in [0.29, 0.717) is 17.6 Å². The van der Waals surface area contributed by atoms with Gasteiger partial charge in [-0.05, 0) is 67.9 Å². The number of aryl methyl sites for hydroxylation is 1. The lowest BCUT2D eigenvalue weighted by atomic mass is 10.2. The first-order chi connectivity index (χ1) is 16.6. The number of hydrogen-bond donors (Lipinski definition) is 1. The fraction of sp³-hybridized carbons (Fsp3) is 0.160. The number of rotatable bonds is 9. The number of benzene rings is 2. The number of ether oxygens (including phenoxy) is 1. The molecule has 4 aromatic rings. The fourth-order valence-corrected chi connectivity index (χ4v) is 3.88. The average Bonchev–Trinajstić information content (AvgIpc) is 3.29. The van der Waals surface area contributed by atoms with Gasteiger partial charge < -0.3 is 4.74 Å². The van der Waals surface area contributed by atoms with E-state index in [0.717, 1.165) is 28.1 Å². The number of hydrazone groups is 1. The molecule has 0 aliphatic heterocycles. The number of carbonyl (C=O) groups is 1. The smallest absolute Gasteiger partial charge is 0.250 e. The number of nitrogens with one attached hydrogen (secondary N) is 1. The van der Waals surface area contributed by atoms with Crippen LogP contribution in [0.3, 0.4) is 0 Å². The van der Waals surface area contributed by atoms with Gasteiger partial charge in [0.25, 0.3) is 5.91 Å². The van der Waals surface area contributed by atoms with Crippen LogP contribution in [0.4, 0.5) is 0 Å². The Morgan fingerprint density at radius 3 is 2.50 bits per heavy atom. The molecule has 0 atom stereocenters. The second-order valence-electron chi connectivity index (χ2n) is 7.30. The molecule has 0 fully saturated rings. The minimum Gasteiger partial charge on any atom is -0.494 e. The van der Waals surface area contributed by atoms with Crippen LogP contribution in [-0.4, -0.2) is 44.2 Å². The summed E-state index contributed by atoms with van der Waals surface area (Å²) >= 11 is 1.29.